The first-order valence-electron chi connectivity index (χ1n) is 6.60. The lowest BCUT2D eigenvalue weighted by Crippen LogP contribution is -2.45. The molecule has 1 heterocycles. The van der Waals surface area contributed by atoms with Gasteiger partial charge in [-0.2, -0.15) is 0 Å². The van der Waals surface area contributed by atoms with Crippen LogP contribution < -0.4 is 0 Å². The van der Waals surface area contributed by atoms with E-state index in [1.165, 1.54) is 19.3 Å². The largest absolute Gasteiger partial charge is 0.481 e. The minimum Gasteiger partial charge on any atom is -0.481 e. The van der Waals surface area contributed by atoms with Crippen LogP contribution in [-0.2, 0) is 4.79 Å². The van der Waals surface area contributed by atoms with E-state index in [1.54, 1.807) is 0 Å². The zero-order chi connectivity index (χ0) is 11.7. The standard InChI is InChI=1S/C13H23NO2/c1-9-6-7-10(2)14(9)12-5-3-4-11(8-12)13(15)16/h9-12H,3-8H2,1-2H3,(H,15,16). The monoisotopic (exact) mass is 225 g/mol. The summed E-state index contributed by atoms with van der Waals surface area (Å²) >= 11 is 0. The van der Waals surface area contributed by atoms with Gasteiger partial charge in [0.15, 0.2) is 0 Å². The molecule has 0 aromatic rings. The molecular formula is C13H23NO2. The predicted octanol–water partition coefficient (Wildman–Crippen LogP) is 2.50. The van der Waals surface area contributed by atoms with Crippen LogP contribution in [0.5, 0.6) is 0 Å². The van der Waals surface area contributed by atoms with Crippen molar-refractivity contribution >= 4 is 5.97 Å². The van der Waals surface area contributed by atoms with Gasteiger partial charge in [0.05, 0.1) is 5.92 Å². The Morgan fingerprint density at radius 2 is 1.75 bits per heavy atom. The highest BCUT2D eigenvalue weighted by atomic mass is 16.4. The van der Waals surface area contributed by atoms with Crippen molar-refractivity contribution in [3.63, 3.8) is 0 Å². The number of carboxylic acids is 1. The fraction of sp³-hybridized carbons (Fsp3) is 0.923. The lowest BCUT2D eigenvalue weighted by atomic mass is 9.84. The third kappa shape index (κ3) is 2.24. The van der Waals surface area contributed by atoms with Crippen molar-refractivity contribution in [2.75, 3.05) is 0 Å². The average molecular weight is 225 g/mol. The molecule has 4 atom stereocenters. The Morgan fingerprint density at radius 1 is 1.12 bits per heavy atom. The molecule has 4 unspecified atom stereocenters. The van der Waals surface area contributed by atoms with Gasteiger partial charge in [0.25, 0.3) is 0 Å². The Hall–Kier alpha value is -0.570. The quantitative estimate of drug-likeness (QED) is 0.785. The summed E-state index contributed by atoms with van der Waals surface area (Å²) in [4.78, 5) is 13.6. The summed E-state index contributed by atoms with van der Waals surface area (Å²) in [5.41, 5.74) is 0. The Bertz CT molecular complexity index is 257. The summed E-state index contributed by atoms with van der Waals surface area (Å²) in [7, 11) is 0. The molecular weight excluding hydrogens is 202 g/mol. The molecule has 0 aromatic carbocycles. The Balaban J connectivity index is 2.01. The molecule has 0 spiro atoms. The van der Waals surface area contributed by atoms with Crippen molar-refractivity contribution < 1.29 is 9.90 Å². The molecule has 1 aliphatic heterocycles. The summed E-state index contributed by atoms with van der Waals surface area (Å²) < 4.78 is 0. The van der Waals surface area contributed by atoms with Crippen molar-refractivity contribution in [1.82, 2.24) is 4.90 Å². The molecule has 0 aromatic heterocycles. The lowest BCUT2D eigenvalue weighted by Gasteiger charge is -2.39. The van der Waals surface area contributed by atoms with E-state index in [0.29, 0.717) is 18.1 Å². The number of rotatable bonds is 2. The third-order valence-electron chi connectivity index (χ3n) is 4.44. The van der Waals surface area contributed by atoms with Crippen LogP contribution in [0.25, 0.3) is 0 Å². The highest BCUT2D eigenvalue weighted by molar-refractivity contribution is 5.70. The van der Waals surface area contributed by atoms with Gasteiger partial charge < -0.3 is 5.11 Å². The van der Waals surface area contributed by atoms with Gasteiger partial charge in [-0.05, 0) is 46.0 Å². The molecule has 1 saturated carbocycles. The summed E-state index contributed by atoms with van der Waals surface area (Å²) in [6.07, 6.45) is 6.56. The number of carboxylic acid groups (broad SMARTS) is 1. The lowest BCUT2D eigenvalue weighted by molar-refractivity contribution is -0.143. The number of likely N-dealkylation sites (tertiary alicyclic amines) is 1. The second-order valence-corrected chi connectivity index (χ2v) is 5.58. The molecule has 0 amide bonds. The van der Waals surface area contributed by atoms with E-state index in [0.717, 1.165) is 19.3 Å². The van der Waals surface area contributed by atoms with E-state index in [2.05, 4.69) is 18.7 Å². The molecule has 1 saturated heterocycles. The molecule has 3 heteroatoms. The van der Waals surface area contributed by atoms with Gasteiger partial charge in [-0.15, -0.1) is 0 Å². The number of hydrogen-bond acceptors (Lipinski definition) is 2. The molecule has 0 bridgehead atoms. The van der Waals surface area contributed by atoms with Crippen molar-refractivity contribution in [3.8, 4) is 0 Å². The van der Waals surface area contributed by atoms with E-state index in [9.17, 15) is 4.79 Å². The maximum Gasteiger partial charge on any atom is 0.306 e. The minimum absolute atomic E-state index is 0.0984. The van der Waals surface area contributed by atoms with Gasteiger partial charge in [0, 0.05) is 18.1 Å². The van der Waals surface area contributed by atoms with Gasteiger partial charge in [0.2, 0.25) is 0 Å². The van der Waals surface area contributed by atoms with Crippen molar-refractivity contribution in [2.24, 2.45) is 5.92 Å². The molecule has 16 heavy (non-hydrogen) atoms. The van der Waals surface area contributed by atoms with Crippen LogP contribution in [0.4, 0.5) is 0 Å². The number of hydrogen-bond donors (Lipinski definition) is 1. The van der Waals surface area contributed by atoms with Crippen LogP contribution in [-0.4, -0.2) is 34.1 Å². The Morgan fingerprint density at radius 3 is 2.31 bits per heavy atom. The van der Waals surface area contributed by atoms with Crippen LogP contribution in [0.3, 0.4) is 0 Å². The summed E-state index contributed by atoms with van der Waals surface area (Å²) in [5, 5.41) is 9.11. The summed E-state index contributed by atoms with van der Waals surface area (Å²) in [6.45, 7) is 4.57. The SMILES string of the molecule is CC1CCC(C)N1C1CCCC(C(=O)O)C1. The fourth-order valence-corrected chi connectivity index (χ4v) is 3.59. The van der Waals surface area contributed by atoms with E-state index in [-0.39, 0.29) is 5.92 Å². The first-order chi connectivity index (χ1) is 7.59. The third-order valence-corrected chi connectivity index (χ3v) is 4.44. The summed E-state index contributed by atoms with van der Waals surface area (Å²) in [6, 6.07) is 1.81. The van der Waals surface area contributed by atoms with Crippen LogP contribution in [0.2, 0.25) is 0 Å². The fourth-order valence-electron chi connectivity index (χ4n) is 3.59. The van der Waals surface area contributed by atoms with E-state index in [1.807, 2.05) is 0 Å². The Kier molecular flexibility index (Phi) is 3.53. The highest BCUT2D eigenvalue weighted by Gasteiger charge is 2.37. The minimum atomic E-state index is -0.593. The molecule has 2 fully saturated rings. The van der Waals surface area contributed by atoms with E-state index in [4.69, 9.17) is 5.11 Å². The smallest absolute Gasteiger partial charge is 0.306 e. The second-order valence-electron chi connectivity index (χ2n) is 5.58. The average Bonchev–Trinajstić information content (AvgIpc) is 2.59. The zero-order valence-electron chi connectivity index (χ0n) is 10.4. The maximum atomic E-state index is 11.1. The van der Waals surface area contributed by atoms with Gasteiger partial charge in [-0.25, -0.2) is 0 Å². The van der Waals surface area contributed by atoms with Crippen molar-refractivity contribution in [2.45, 2.75) is 70.5 Å². The second kappa shape index (κ2) is 4.74. The van der Waals surface area contributed by atoms with Gasteiger partial charge in [0.1, 0.15) is 0 Å². The van der Waals surface area contributed by atoms with E-state index >= 15 is 0 Å². The van der Waals surface area contributed by atoms with Gasteiger partial charge in [-0.1, -0.05) is 6.42 Å². The molecule has 1 aliphatic carbocycles. The molecule has 2 rings (SSSR count). The number of aliphatic carboxylic acids is 1. The van der Waals surface area contributed by atoms with Crippen LogP contribution in [0, 0.1) is 5.92 Å². The molecule has 0 radical (unpaired) electrons. The maximum absolute atomic E-state index is 11.1. The number of carbonyl (C=O) groups is 1. The number of nitrogens with zero attached hydrogens (tertiary/aromatic N) is 1. The Labute approximate surface area is 97.8 Å². The topological polar surface area (TPSA) is 40.5 Å². The zero-order valence-corrected chi connectivity index (χ0v) is 10.4. The molecule has 2 aliphatic rings. The highest BCUT2D eigenvalue weighted by Crippen LogP contribution is 2.34. The summed E-state index contributed by atoms with van der Waals surface area (Å²) in [5.74, 6) is -0.692. The first kappa shape index (κ1) is 11.9. The van der Waals surface area contributed by atoms with Crippen LogP contribution in [0.1, 0.15) is 52.4 Å². The predicted molar refractivity (Wildman–Crippen MR) is 63.4 cm³/mol. The van der Waals surface area contributed by atoms with Crippen LogP contribution >= 0.6 is 0 Å². The van der Waals surface area contributed by atoms with Crippen molar-refractivity contribution in [3.05, 3.63) is 0 Å². The van der Waals surface area contributed by atoms with Crippen LogP contribution in [0.15, 0.2) is 0 Å². The first-order valence-corrected chi connectivity index (χ1v) is 6.60. The van der Waals surface area contributed by atoms with E-state index < -0.39 is 5.97 Å². The normalized spacial score (nSPS) is 41.1. The van der Waals surface area contributed by atoms with Gasteiger partial charge in [-0.3, -0.25) is 9.69 Å². The van der Waals surface area contributed by atoms with Gasteiger partial charge >= 0.3 is 5.97 Å². The molecule has 1 N–H and O–H groups in total. The van der Waals surface area contributed by atoms with Crippen molar-refractivity contribution in [1.29, 1.82) is 0 Å². The molecule has 92 valence electrons. The molecule has 3 nitrogen and oxygen atoms in total.